The van der Waals surface area contributed by atoms with Gasteiger partial charge in [-0.15, -0.1) is 0 Å². The molecule has 3 N–H and O–H groups in total. The van der Waals surface area contributed by atoms with Crippen molar-refractivity contribution in [2.75, 3.05) is 99.2 Å². The number of aliphatic carboxylic acids is 1. The Morgan fingerprint density at radius 2 is 1.00 bits per heavy atom. The predicted octanol–water partition coefficient (Wildman–Crippen LogP) is 14.4. The maximum atomic E-state index is 14.2. The van der Waals surface area contributed by atoms with Gasteiger partial charge in [0.2, 0.25) is 5.91 Å². The van der Waals surface area contributed by atoms with Gasteiger partial charge < -0.3 is 77.4 Å². The number of piperidine rings is 2. The predicted molar refractivity (Wildman–Crippen MR) is 399 cm³/mol. The zero-order valence-electron chi connectivity index (χ0n) is 60.6. The Morgan fingerprint density at radius 3 is 1.45 bits per heavy atom. The number of hydrogen-bond donors (Lipinski definition) is 3. The summed E-state index contributed by atoms with van der Waals surface area (Å²) in [6.07, 6.45) is 9.48. The lowest BCUT2D eigenvalue weighted by atomic mass is 9.95. The number of rotatable bonds is 20. The van der Waals surface area contributed by atoms with Crippen LogP contribution in [-0.2, 0) is 38.0 Å². The maximum Gasteiger partial charge on any atom is 0.416 e. The molecule has 8 aliphatic heterocycles. The van der Waals surface area contributed by atoms with Crippen LogP contribution in [0.3, 0.4) is 0 Å². The van der Waals surface area contributed by atoms with Gasteiger partial charge in [-0.2, -0.15) is 0 Å². The summed E-state index contributed by atoms with van der Waals surface area (Å²) in [6, 6.07) is 24.6. The summed E-state index contributed by atoms with van der Waals surface area (Å²) in [5, 5.41) is 33.4. The molecule has 4 unspecified atom stereocenters. The fourth-order valence-corrected chi connectivity index (χ4v) is 16.0. The molecule has 8 aliphatic rings. The molecule has 26 heteroatoms. The van der Waals surface area contributed by atoms with E-state index >= 15 is 0 Å². The van der Waals surface area contributed by atoms with Crippen LogP contribution in [0.25, 0.3) is 21.5 Å². The highest BCUT2D eigenvalue weighted by molar-refractivity contribution is 6.27. The molecule has 5 amide bonds. The molecule has 8 atom stereocenters. The number of nitrogens with zero attached hydrogens (tertiary/aromatic N) is 6. The Bertz CT molecular complexity index is 4220. The molecular formula is C80H95ClN6O19. The van der Waals surface area contributed by atoms with E-state index < -0.39 is 55.3 Å². The van der Waals surface area contributed by atoms with Gasteiger partial charge in [0.1, 0.15) is 24.7 Å². The molecule has 25 nitrogen and oxygen atoms in total. The van der Waals surface area contributed by atoms with E-state index in [1.165, 1.54) is 41.7 Å². The van der Waals surface area contributed by atoms with Crippen LogP contribution in [0.4, 0.5) is 32.3 Å². The quantitative estimate of drug-likeness (QED) is 0.0364. The maximum absolute atomic E-state index is 14.2. The third-order valence-corrected chi connectivity index (χ3v) is 21.0. The second kappa shape index (κ2) is 34.8. The van der Waals surface area contributed by atoms with Gasteiger partial charge in [-0.05, 0) is 124 Å². The topological polar surface area (TPSA) is 275 Å². The lowest BCUT2D eigenvalue weighted by molar-refractivity contribution is -0.199. The number of aromatic hydroxyl groups is 2. The molecule has 0 aromatic heterocycles. The van der Waals surface area contributed by atoms with Gasteiger partial charge in [0.15, 0.2) is 48.0 Å². The average molecular weight is 1480 g/mol. The summed E-state index contributed by atoms with van der Waals surface area (Å²) >= 11 is 6.13. The molecule has 4 fully saturated rings. The van der Waals surface area contributed by atoms with Crippen LogP contribution in [0, 0.1) is 0 Å². The number of halogens is 1. The molecule has 0 saturated carbocycles. The van der Waals surface area contributed by atoms with Gasteiger partial charge in [0, 0.05) is 111 Å². The summed E-state index contributed by atoms with van der Waals surface area (Å²) in [4.78, 5) is 88.2. The minimum atomic E-state index is -0.925. The van der Waals surface area contributed by atoms with E-state index in [-0.39, 0.29) is 103 Å². The zero-order chi connectivity index (χ0) is 74.7. The zero-order valence-corrected chi connectivity index (χ0v) is 61.3. The molecule has 0 spiro atoms. The monoisotopic (exact) mass is 1480 g/mol. The number of ether oxygens (including phenoxy) is 10. The van der Waals surface area contributed by atoms with Crippen LogP contribution in [-0.4, -0.2) is 178 Å². The smallest absolute Gasteiger partial charge is 0.416 e. The number of carboxylic acids is 1. The van der Waals surface area contributed by atoms with Crippen molar-refractivity contribution in [3.8, 4) is 34.5 Å². The van der Waals surface area contributed by atoms with Crippen molar-refractivity contribution in [3.05, 3.63) is 132 Å². The summed E-state index contributed by atoms with van der Waals surface area (Å²) in [7, 11) is 2.95. The van der Waals surface area contributed by atoms with Gasteiger partial charge >= 0.3 is 18.2 Å². The third-order valence-electron chi connectivity index (χ3n) is 20.6. The van der Waals surface area contributed by atoms with Crippen molar-refractivity contribution in [2.24, 2.45) is 0 Å². The second-order valence-electron chi connectivity index (χ2n) is 27.7. The summed E-state index contributed by atoms with van der Waals surface area (Å²) in [5.41, 5.74) is 5.07. The Labute approximate surface area is 622 Å². The number of fused-ring (bicyclic) bond motifs is 10. The van der Waals surface area contributed by atoms with Gasteiger partial charge in [0.25, 0.3) is 11.8 Å². The number of carbonyl (C=O) groups excluding carboxylic acids is 5. The Morgan fingerprint density at radius 1 is 0.557 bits per heavy atom. The molecule has 4 saturated heterocycles. The highest BCUT2D eigenvalue weighted by Gasteiger charge is 2.49. The summed E-state index contributed by atoms with van der Waals surface area (Å²) in [5.74, 6) is 0.719. The highest BCUT2D eigenvalue weighted by atomic mass is 35.5. The third kappa shape index (κ3) is 16.4. The summed E-state index contributed by atoms with van der Waals surface area (Å²) in [6.45, 7) is 15.3. The number of carbonyl (C=O) groups is 6. The van der Waals surface area contributed by atoms with Crippen LogP contribution >= 0.6 is 11.8 Å². The first-order valence-electron chi connectivity index (χ1n) is 36.9. The molecule has 106 heavy (non-hydrogen) atoms. The van der Waals surface area contributed by atoms with E-state index in [0.717, 1.165) is 96.4 Å². The standard InChI is InChI=1S/C40H47N3O9.C27H36N2O9.C13H12ClNO/c1-4-18-51-40(47)43-30-23-34(49-20-11-15-35(45)42-24-25(2)37-27-13-6-5-12-26(27)32(44)22-31(37)42)33(48-3)21-28(30)38(46)41-17-9-7-14-29(41)39(43)52-36-16-8-10-19-50-36;1-3-13-37-27(33)29-20-17-22(35-15-8-10-23(30)31)21(34-2)16-18(20)25(32)28-12-6-4-9-19(28)26(29)38-24-11-5-7-14-36-24;1-8-7-15(14)11-6-12(16)9-4-2-3-5-10(9)13(8)11/h4-6,12-13,21-23,25,29,36,39,44H,1,7-11,14-20,24H2,2-3H3;3,16-17,19,24,26H,1,4-15H2,2H3,(H,30,31);2-6,8,16H,7H2,1H3/t25-,29+,36?,39?;19-,24?,26?;8-/m101/s1. The molecule has 6 aromatic carbocycles. The van der Waals surface area contributed by atoms with E-state index in [1.54, 1.807) is 55.5 Å². The Hall–Kier alpha value is -9.53. The fourth-order valence-electron chi connectivity index (χ4n) is 15.6. The van der Waals surface area contributed by atoms with Crippen LogP contribution < -0.4 is 38.1 Å². The Kier molecular flexibility index (Phi) is 25.0. The number of phenols is 2. The molecule has 8 heterocycles. The van der Waals surface area contributed by atoms with Crippen molar-refractivity contribution < 1.29 is 91.5 Å². The first kappa shape index (κ1) is 76.1. The minimum absolute atomic E-state index is 0.0195. The first-order chi connectivity index (χ1) is 51.4. The van der Waals surface area contributed by atoms with Crippen LogP contribution in [0.2, 0.25) is 0 Å². The van der Waals surface area contributed by atoms with Gasteiger partial charge in [0.05, 0.1) is 73.4 Å². The van der Waals surface area contributed by atoms with Gasteiger partial charge in [-0.25, -0.2) is 19.4 Å². The molecule has 0 radical (unpaired) electrons. The van der Waals surface area contributed by atoms with Gasteiger partial charge in [-0.3, -0.25) is 23.6 Å². The molecule has 0 bridgehead atoms. The molecule has 6 aromatic rings. The van der Waals surface area contributed by atoms with Crippen LogP contribution in [0.5, 0.6) is 34.5 Å². The Balaban J connectivity index is 0.000000169. The van der Waals surface area contributed by atoms with Crippen LogP contribution in [0.1, 0.15) is 160 Å². The van der Waals surface area contributed by atoms with Crippen molar-refractivity contribution in [3.63, 3.8) is 0 Å². The molecular weight excluding hydrogens is 1380 g/mol. The van der Waals surface area contributed by atoms with E-state index in [4.69, 9.17) is 64.3 Å². The lowest BCUT2D eigenvalue weighted by Gasteiger charge is -2.42. The number of anilines is 4. The van der Waals surface area contributed by atoms with Crippen LogP contribution in [0.15, 0.2) is 110 Å². The summed E-state index contributed by atoms with van der Waals surface area (Å²) < 4.78 is 61.0. The first-order valence-corrected chi connectivity index (χ1v) is 37.2. The average Bonchev–Trinajstić information content (AvgIpc) is 1.57. The highest BCUT2D eigenvalue weighted by Crippen LogP contribution is 2.49. The molecule has 0 aliphatic carbocycles. The van der Waals surface area contributed by atoms with E-state index in [2.05, 4.69) is 27.0 Å². The number of amides is 5. The second-order valence-corrected chi connectivity index (χ2v) is 28.1. The lowest BCUT2D eigenvalue weighted by Crippen LogP contribution is -2.57. The van der Waals surface area contributed by atoms with Crippen molar-refractivity contribution in [1.82, 2.24) is 9.80 Å². The number of methoxy groups -OCH3 is 2. The van der Waals surface area contributed by atoms with Crippen molar-refractivity contribution in [1.29, 1.82) is 0 Å². The van der Waals surface area contributed by atoms with E-state index in [9.17, 15) is 39.0 Å². The fraction of sp³-hybridized carbons (Fsp3) is 0.475. The normalized spacial score (nSPS) is 22.3. The molecule has 14 rings (SSSR count). The number of hydrogen-bond acceptors (Lipinski definition) is 19. The minimum Gasteiger partial charge on any atom is -0.507 e. The largest absolute Gasteiger partial charge is 0.507 e. The van der Waals surface area contributed by atoms with Gasteiger partial charge in [-0.1, -0.05) is 87.7 Å². The van der Waals surface area contributed by atoms with Crippen molar-refractivity contribution in [2.45, 2.75) is 166 Å². The van der Waals surface area contributed by atoms with Crippen molar-refractivity contribution >= 4 is 91.9 Å². The number of phenolic OH excluding ortho intramolecular Hbond substituents is 2. The molecule has 566 valence electrons. The number of carboxylic acid groups (broad SMARTS) is 1. The van der Waals surface area contributed by atoms with E-state index in [1.807, 2.05) is 48.5 Å². The number of benzene rings is 6. The van der Waals surface area contributed by atoms with E-state index in [0.29, 0.717) is 93.9 Å². The SMILES string of the molecule is C=CCOC(=O)N1c2cc(OCCCC(=O)N3C[C@@H](C)c4c3cc(O)c3ccccc43)c(OC)cc2C(=O)N2CCCC[C@H]2C1OC1CCCCO1.C=CCOC(=O)N1c2cc(OCCCC(=O)O)c(OC)cc2C(=O)N2CCCC[C@H]2C1OC1CCCCO1.C[C@@H]1CN(Cl)c2cc(O)c3ccccc3c21.